The van der Waals surface area contributed by atoms with E-state index in [1.807, 2.05) is 21.1 Å². The van der Waals surface area contributed by atoms with Gasteiger partial charge in [0.05, 0.1) is 33.2 Å². The molecule has 0 aromatic heterocycles. The number of rotatable bonds is 38. The van der Waals surface area contributed by atoms with Crippen molar-refractivity contribution in [3.8, 4) is 0 Å². The average Bonchev–Trinajstić information content (AvgIpc) is 3.06. The highest BCUT2D eigenvalue weighted by Gasteiger charge is 2.34. The van der Waals surface area contributed by atoms with Gasteiger partial charge in [-0.3, -0.25) is 14.2 Å². The van der Waals surface area contributed by atoms with E-state index < -0.39 is 19.7 Å². The van der Waals surface area contributed by atoms with Gasteiger partial charge >= 0.3 is 7.60 Å². The van der Waals surface area contributed by atoms with Gasteiger partial charge in [-0.2, -0.15) is 0 Å². The molecular formula is C43H83NO5P+. The second-order valence-corrected chi connectivity index (χ2v) is 17.7. The minimum absolute atomic E-state index is 0.120. The minimum Gasteiger partial charge on any atom is -0.329 e. The van der Waals surface area contributed by atoms with E-state index in [9.17, 15) is 19.0 Å². The number of unbranched alkanes of at least 4 members (excludes halogenated alkanes) is 22. The van der Waals surface area contributed by atoms with Crippen LogP contribution in [0.3, 0.4) is 0 Å². The van der Waals surface area contributed by atoms with Gasteiger partial charge in [0.15, 0.2) is 0 Å². The highest BCUT2D eigenvalue weighted by molar-refractivity contribution is 7.52. The second kappa shape index (κ2) is 33.7. The normalized spacial score (nSPS) is 13.6. The predicted octanol–water partition coefficient (Wildman–Crippen LogP) is 12.7. The topological polar surface area (TPSA) is 80.7 Å². The van der Waals surface area contributed by atoms with Gasteiger partial charge in [0.25, 0.3) is 0 Å². The number of likely N-dealkylation sites (N-methyl/N-ethyl adjacent to an activating group) is 1. The molecule has 0 fully saturated rings. The monoisotopic (exact) mass is 725 g/mol. The number of carbonyl (C=O) groups is 2. The Balaban J connectivity index is 4.46. The summed E-state index contributed by atoms with van der Waals surface area (Å²) in [7, 11) is 1.91. The van der Waals surface area contributed by atoms with E-state index in [1.54, 1.807) is 0 Å². The fourth-order valence-corrected chi connectivity index (χ4v) is 7.55. The van der Waals surface area contributed by atoms with Crippen LogP contribution in [0.1, 0.15) is 194 Å². The Kier molecular flexibility index (Phi) is 33.0. The molecule has 50 heavy (non-hydrogen) atoms. The van der Waals surface area contributed by atoms with Crippen LogP contribution in [0.15, 0.2) is 24.3 Å². The lowest BCUT2D eigenvalue weighted by molar-refractivity contribution is -0.870. The van der Waals surface area contributed by atoms with Crippen LogP contribution in [0.5, 0.6) is 0 Å². The van der Waals surface area contributed by atoms with Crippen LogP contribution in [-0.2, 0) is 18.7 Å². The van der Waals surface area contributed by atoms with E-state index in [4.69, 9.17) is 4.52 Å². The minimum atomic E-state index is -4.06. The Morgan fingerprint density at radius 3 is 1.22 bits per heavy atom. The van der Waals surface area contributed by atoms with Crippen molar-refractivity contribution in [3.05, 3.63) is 24.3 Å². The van der Waals surface area contributed by atoms with Gasteiger partial charge in [0.1, 0.15) is 24.7 Å². The molecule has 1 atom stereocenters. The quantitative estimate of drug-likeness (QED) is 0.0225. The highest BCUT2D eigenvalue weighted by Crippen LogP contribution is 2.44. The van der Waals surface area contributed by atoms with E-state index in [1.165, 1.54) is 89.9 Å². The Morgan fingerprint density at radius 2 is 0.880 bits per heavy atom. The average molecular weight is 725 g/mol. The molecule has 0 aromatic carbocycles. The van der Waals surface area contributed by atoms with Gasteiger partial charge in [-0.1, -0.05) is 141 Å². The summed E-state index contributed by atoms with van der Waals surface area (Å²) in [5, 5.41) is 0. The second-order valence-electron chi connectivity index (χ2n) is 15.8. The zero-order chi connectivity index (χ0) is 37.2. The van der Waals surface area contributed by atoms with Crippen LogP contribution in [0, 0.1) is 5.92 Å². The third-order valence-corrected chi connectivity index (χ3v) is 11.0. The van der Waals surface area contributed by atoms with Crippen LogP contribution in [-0.4, -0.2) is 61.4 Å². The van der Waals surface area contributed by atoms with Crippen LogP contribution < -0.4 is 0 Å². The summed E-state index contributed by atoms with van der Waals surface area (Å²) in [5.74, 6) is -1.42. The summed E-state index contributed by atoms with van der Waals surface area (Å²) in [5.41, 5.74) is 0. The van der Waals surface area contributed by atoms with Crippen molar-refractivity contribution in [2.45, 2.75) is 194 Å². The Hall–Kier alpha value is -1.07. The molecular weight excluding hydrogens is 641 g/mol. The third kappa shape index (κ3) is 34.0. The molecule has 0 rings (SSSR count). The zero-order valence-electron chi connectivity index (χ0n) is 33.8. The van der Waals surface area contributed by atoms with Crippen LogP contribution in [0.25, 0.3) is 0 Å². The molecule has 294 valence electrons. The maximum atomic E-state index is 13.3. The summed E-state index contributed by atoms with van der Waals surface area (Å²) in [6.45, 7) is 5.20. The number of ketones is 2. The van der Waals surface area contributed by atoms with Gasteiger partial charge in [-0.05, 0) is 64.2 Å². The Bertz CT molecular complexity index is 857. The number of carbonyl (C=O) groups excluding carboxylic acids is 2. The zero-order valence-corrected chi connectivity index (χ0v) is 34.7. The standard InChI is InChI=1S/C43H82NO5P/c1-6-8-10-12-14-16-18-20-22-24-26-28-30-32-34-36-42(45)41(40-50(47,48)49-39-38-44(3,4)5)43(46)37-35-33-31-29-27-25-23-21-19-17-15-13-11-9-7-2/h20-23,41H,6-19,24-40H2,1-5H3/p+1/b22-20-,23-21-. The van der Waals surface area contributed by atoms with Crippen molar-refractivity contribution >= 4 is 19.2 Å². The third-order valence-electron chi connectivity index (χ3n) is 9.62. The van der Waals surface area contributed by atoms with E-state index in [2.05, 4.69) is 38.2 Å². The molecule has 0 bridgehead atoms. The van der Waals surface area contributed by atoms with E-state index in [0.29, 0.717) is 23.9 Å². The molecule has 1 unspecified atom stereocenters. The number of allylic oxidation sites excluding steroid dienone is 4. The molecule has 0 spiro atoms. The fraction of sp³-hybridized carbons (Fsp3) is 0.860. The van der Waals surface area contributed by atoms with Crippen LogP contribution in [0.4, 0.5) is 0 Å². The van der Waals surface area contributed by atoms with Crippen molar-refractivity contribution in [3.63, 3.8) is 0 Å². The molecule has 6 nitrogen and oxygen atoms in total. The molecule has 0 aliphatic carbocycles. The molecule has 0 saturated carbocycles. The molecule has 1 N–H and O–H groups in total. The van der Waals surface area contributed by atoms with Crippen molar-refractivity contribution < 1.29 is 28.1 Å². The highest BCUT2D eigenvalue weighted by atomic mass is 31.2. The lowest BCUT2D eigenvalue weighted by Gasteiger charge is -2.25. The Labute approximate surface area is 310 Å². The molecule has 0 saturated heterocycles. The number of nitrogens with zero attached hydrogens (tertiary/aromatic N) is 1. The number of quaternary nitrogens is 1. The molecule has 0 heterocycles. The first-order valence-electron chi connectivity index (χ1n) is 21.1. The summed E-state index contributed by atoms with van der Waals surface area (Å²) in [6, 6.07) is 0. The maximum Gasteiger partial charge on any atom is 0.329 e. The molecule has 0 aromatic rings. The lowest BCUT2D eigenvalue weighted by atomic mass is 9.93. The van der Waals surface area contributed by atoms with Crippen molar-refractivity contribution in [1.29, 1.82) is 0 Å². The number of hydrogen-bond donors (Lipinski definition) is 1. The number of Topliss-reactive ketones (excluding diaryl/α,β-unsaturated/α-hetero) is 2. The fourth-order valence-electron chi connectivity index (χ4n) is 6.21. The first kappa shape index (κ1) is 48.9. The molecule has 0 aliphatic rings. The van der Waals surface area contributed by atoms with E-state index in [0.717, 1.165) is 77.0 Å². The van der Waals surface area contributed by atoms with Gasteiger partial charge in [-0.15, -0.1) is 0 Å². The smallest absolute Gasteiger partial charge is 0.329 e. The summed E-state index contributed by atoms with van der Waals surface area (Å²) < 4.78 is 18.9. The summed E-state index contributed by atoms with van der Waals surface area (Å²) in [4.78, 5) is 37.1. The van der Waals surface area contributed by atoms with E-state index >= 15 is 0 Å². The summed E-state index contributed by atoms with van der Waals surface area (Å²) >= 11 is 0. The molecule has 0 amide bonds. The van der Waals surface area contributed by atoms with Gasteiger partial charge in [0.2, 0.25) is 0 Å². The number of hydrogen-bond acceptors (Lipinski definition) is 4. The van der Waals surface area contributed by atoms with Crippen molar-refractivity contribution in [2.24, 2.45) is 5.92 Å². The first-order valence-corrected chi connectivity index (χ1v) is 22.9. The van der Waals surface area contributed by atoms with Gasteiger partial charge in [-0.25, -0.2) is 0 Å². The largest absolute Gasteiger partial charge is 0.329 e. The molecule has 7 heteroatoms. The summed E-state index contributed by atoms with van der Waals surface area (Å²) in [6.07, 6.45) is 40.2. The van der Waals surface area contributed by atoms with Crippen LogP contribution >= 0.6 is 7.60 Å². The van der Waals surface area contributed by atoms with Crippen molar-refractivity contribution in [1.82, 2.24) is 0 Å². The van der Waals surface area contributed by atoms with Gasteiger partial charge in [0, 0.05) is 12.8 Å². The van der Waals surface area contributed by atoms with E-state index in [-0.39, 0.29) is 18.2 Å². The SMILES string of the molecule is CCCCCCCC/C=C\CCCCCCCC(=O)C(CP(=O)(O)OCC[N+](C)(C)C)C(=O)CCCCCCC/C=C\CCCCCCCC. The Morgan fingerprint density at radius 1 is 0.560 bits per heavy atom. The predicted molar refractivity (Wildman–Crippen MR) is 216 cm³/mol. The first-order chi connectivity index (χ1) is 24.0. The molecule has 0 aliphatic heterocycles. The maximum absolute atomic E-state index is 13.3. The van der Waals surface area contributed by atoms with Crippen molar-refractivity contribution in [2.75, 3.05) is 40.5 Å². The molecule has 0 radical (unpaired) electrons. The van der Waals surface area contributed by atoms with Gasteiger partial charge < -0.3 is 13.9 Å². The lowest BCUT2D eigenvalue weighted by Crippen LogP contribution is -2.37. The van der Waals surface area contributed by atoms with Crippen LogP contribution in [0.2, 0.25) is 0 Å².